The lowest BCUT2D eigenvalue weighted by atomic mass is 10.1. The average molecular weight is 342 g/mol. The fourth-order valence-electron chi connectivity index (χ4n) is 2.84. The van der Waals surface area contributed by atoms with E-state index in [1.165, 1.54) is 17.2 Å². The summed E-state index contributed by atoms with van der Waals surface area (Å²) in [6.07, 6.45) is 1.34. The number of carbonyl (C=O) groups excluding carboxylic acids is 4. The summed E-state index contributed by atoms with van der Waals surface area (Å²) in [5.41, 5.74) is 3.37. The van der Waals surface area contributed by atoms with Crippen LogP contribution < -0.4 is 10.6 Å². The Hall–Kier alpha value is -3.00. The van der Waals surface area contributed by atoms with Gasteiger partial charge in [0.2, 0.25) is 5.91 Å². The summed E-state index contributed by atoms with van der Waals surface area (Å²) in [6, 6.07) is 5.15. The SMILES string of the molecule is C=CCN1C(=O)C(=O)N(CC(=O)NCc2ccc3c(c2)CNC3)C1=O. The predicted octanol–water partition coefficient (Wildman–Crippen LogP) is -0.117. The van der Waals surface area contributed by atoms with Crippen LogP contribution in [0.5, 0.6) is 0 Å². The molecule has 5 amide bonds. The molecule has 0 saturated carbocycles. The van der Waals surface area contributed by atoms with Gasteiger partial charge in [-0.1, -0.05) is 24.3 Å². The Labute approximate surface area is 144 Å². The van der Waals surface area contributed by atoms with Crippen LogP contribution in [0.1, 0.15) is 16.7 Å². The van der Waals surface area contributed by atoms with Crippen LogP contribution in [0, 0.1) is 0 Å². The van der Waals surface area contributed by atoms with Crippen LogP contribution in [0.4, 0.5) is 4.79 Å². The molecular formula is C17H18N4O4. The van der Waals surface area contributed by atoms with Gasteiger partial charge in [0.05, 0.1) is 0 Å². The van der Waals surface area contributed by atoms with Gasteiger partial charge in [0.1, 0.15) is 6.54 Å². The lowest BCUT2D eigenvalue weighted by Gasteiger charge is -2.14. The van der Waals surface area contributed by atoms with Crippen LogP contribution in [-0.4, -0.2) is 46.6 Å². The molecule has 25 heavy (non-hydrogen) atoms. The lowest BCUT2D eigenvalue weighted by molar-refractivity contribution is -0.143. The molecule has 0 unspecified atom stereocenters. The van der Waals surface area contributed by atoms with E-state index in [0.29, 0.717) is 4.90 Å². The molecule has 0 spiro atoms. The molecule has 0 atom stereocenters. The Balaban J connectivity index is 1.57. The number of nitrogens with zero attached hydrogens (tertiary/aromatic N) is 2. The quantitative estimate of drug-likeness (QED) is 0.427. The zero-order valence-corrected chi connectivity index (χ0v) is 13.6. The van der Waals surface area contributed by atoms with Crippen LogP contribution in [0.3, 0.4) is 0 Å². The number of imide groups is 2. The van der Waals surface area contributed by atoms with E-state index in [9.17, 15) is 19.2 Å². The molecule has 0 aromatic heterocycles. The molecule has 1 fully saturated rings. The molecule has 8 nitrogen and oxygen atoms in total. The number of rotatable bonds is 6. The minimum atomic E-state index is -0.995. The topological polar surface area (TPSA) is 98.8 Å². The van der Waals surface area contributed by atoms with Gasteiger partial charge in [0.15, 0.2) is 0 Å². The Morgan fingerprint density at radius 3 is 2.64 bits per heavy atom. The average Bonchev–Trinajstić information content (AvgIpc) is 3.14. The van der Waals surface area contributed by atoms with Crippen molar-refractivity contribution in [2.45, 2.75) is 19.6 Å². The van der Waals surface area contributed by atoms with Gasteiger partial charge in [-0.15, -0.1) is 6.58 Å². The van der Waals surface area contributed by atoms with Crippen molar-refractivity contribution in [3.05, 3.63) is 47.5 Å². The van der Waals surface area contributed by atoms with E-state index < -0.39 is 30.3 Å². The number of hydrogen-bond acceptors (Lipinski definition) is 5. The van der Waals surface area contributed by atoms with Gasteiger partial charge < -0.3 is 10.6 Å². The van der Waals surface area contributed by atoms with Gasteiger partial charge in [-0.25, -0.2) is 9.69 Å². The maximum Gasteiger partial charge on any atom is 0.335 e. The zero-order chi connectivity index (χ0) is 18.0. The van der Waals surface area contributed by atoms with E-state index in [2.05, 4.69) is 17.2 Å². The van der Waals surface area contributed by atoms with Gasteiger partial charge in [-0.3, -0.25) is 19.3 Å². The molecule has 2 aliphatic rings. The molecule has 1 aromatic carbocycles. The van der Waals surface area contributed by atoms with Gasteiger partial charge in [0, 0.05) is 26.2 Å². The van der Waals surface area contributed by atoms with Crippen LogP contribution in [0.25, 0.3) is 0 Å². The summed E-state index contributed by atoms with van der Waals surface area (Å²) in [5, 5.41) is 5.91. The summed E-state index contributed by atoms with van der Waals surface area (Å²) in [4.78, 5) is 49.0. The number of benzene rings is 1. The molecule has 0 bridgehead atoms. The van der Waals surface area contributed by atoms with Crippen molar-refractivity contribution in [3.63, 3.8) is 0 Å². The molecular weight excluding hydrogens is 324 g/mol. The molecule has 1 saturated heterocycles. The minimum Gasteiger partial charge on any atom is -0.350 e. The molecule has 1 aromatic rings. The van der Waals surface area contributed by atoms with Crippen molar-refractivity contribution < 1.29 is 19.2 Å². The van der Waals surface area contributed by atoms with Crippen molar-refractivity contribution in [1.29, 1.82) is 0 Å². The van der Waals surface area contributed by atoms with Crippen LogP contribution in [0.15, 0.2) is 30.9 Å². The summed E-state index contributed by atoms with van der Waals surface area (Å²) < 4.78 is 0. The van der Waals surface area contributed by atoms with Crippen LogP contribution in [0.2, 0.25) is 0 Å². The van der Waals surface area contributed by atoms with Gasteiger partial charge in [0.25, 0.3) is 0 Å². The van der Waals surface area contributed by atoms with Gasteiger partial charge in [-0.2, -0.15) is 0 Å². The number of amides is 5. The highest BCUT2D eigenvalue weighted by molar-refractivity contribution is 6.45. The van der Waals surface area contributed by atoms with Gasteiger partial charge in [-0.05, 0) is 16.7 Å². The van der Waals surface area contributed by atoms with Gasteiger partial charge >= 0.3 is 17.8 Å². The molecule has 0 aliphatic carbocycles. The number of hydrogen-bond donors (Lipinski definition) is 2. The highest BCUT2D eigenvalue weighted by atomic mass is 16.2. The van der Waals surface area contributed by atoms with Crippen molar-refractivity contribution >= 4 is 23.8 Å². The number of carbonyl (C=O) groups is 4. The first-order valence-electron chi connectivity index (χ1n) is 7.87. The van der Waals surface area contributed by atoms with Crippen molar-refractivity contribution in [1.82, 2.24) is 20.4 Å². The number of nitrogens with one attached hydrogen (secondary N) is 2. The maximum atomic E-state index is 12.0. The zero-order valence-electron chi connectivity index (χ0n) is 13.6. The molecule has 3 rings (SSSR count). The normalized spacial score (nSPS) is 16.4. The van der Waals surface area contributed by atoms with E-state index in [1.54, 1.807) is 0 Å². The number of fused-ring (bicyclic) bond motifs is 1. The summed E-state index contributed by atoms with van der Waals surface area (Å²) >= 11 is 0. The molecule has 2 N–H and O–H groups in total. The van der Waals surface area contributed by atoms with E-state index in [0.717, 1.165) is 23.6 Å². The molecule has 8 heteroatoms. The Morgan fingerprint density at radius 2 is 1.88 bits per heavy atom. The minimum absolute atomic E-state index is 0.0648. The summed E-state index contributed by atoms with van der Waals surface area (Å²) in [7, 11) is 0. The second kappa shape index (κ2) is 6.86. The second-order valence-electron chi connectivity index (χ2n) is 5.86. The monoisotopic (exact) mass is 342 g/mol. The summed E-state index contributed by atoms with van der Waals surface area (Å²) in [5.74, 6) is -2.44. The number of urea groups is 1. The highest BCUT2D eigenvalue weighted by Crippen LogP contribution is 2.17. The maximum absolute atomic E-state index is 12.0. The first-order valence-corrected chi connectivity index (χ1v) is 7.87. The third kappa shape index (κ3) is 3.29. The van der Waals surface area contributed by atoms with E-state index >= 15 is 0 Å². The van der Waals surface area contributed by atoms with Crippen LogP contribution >= 0.6 is 0 Å². The molecule has 130 valence electrons. The Kier molecular flexibility index (Phi) is 4.62. The summed E-state index contributed by atoms with van der Waals surface area (Å²) in [6.45, 7) is 4.81. The smallest absolute Gasteiger partial charge is 0.335 e. The standard InChI is InChI=1S/C17H18N4O4/c1-2-5-20-15(23)16(24)21(17(20)25)10-14(22)19-7-11-3-4-12-8-18-9-13(12)6-11/h2-4,6,18H,1,5,7-10H2,(H,19,22). The Bertz CT molecular complexity index is 774. The second-order valence-corrected chi connectivity index (χ2v) is 5.86. The molecule has 2 aliphatic heterocycles. The molecule has 0 radical (unpaired) electrons. The third-order valence-corrected chi connectivity index (χ3v) is 4.14. The first-order chi connectivity index (χ1) is 12.0. The van der Waals surface area contributed by atoms with Crippen molar-refractivity contribution in [3.8, 4) is 0 Å². The molecule has 2 heterocycles. The first kappa shape index (κ1) is 16.8. The predicted molar refractivity (Wildman–Crippen MR) is 87.9 cm³/mol. The van der Waals surface area contributed by atoms with Crippen molar-refractivity contribution in [2.24, 2.45) is 0 Å². The third-order valence-electron chi connectivity index (χ3n) is 4.14. The van der Waals surface area contributed by atoms with E-state index in [4.69, 9.17) is 0 Å². The lowest BCUT2D eigenvalue weighted by Crippen LogP contribution is -2.41. The Morgan fingerprint density at radius 1 is 1.16 bits per heavy atom. The van der Waals surface area contributed by atoms with E-state index in [1.807, 2.05) is 18.2 Å². The van der Waals surface area contributed by atoms with E-state index in [-0.39, 0.29) is 13.1 Å². The fraction of sp³-hybridized carbons (Fsp3) is 0.294. The fourth-order valence-corrected chi connectivity index (χ4v) is 2.84. The highest BCUT2D eigenvalue weighted by Gasteiger charge is 2.44. The van der Waals surface area contributed by atoms with Crippen molar-refractivity contribution in [2.75, 3.05) is 13.1 Å². The van der Waals surface area contributed by atoms with Crippen LogP contribution in [-0.2, 0) is 34.0 Å². The largest absolute Gasteiger partial charge is 0.350 e.